The standard InChI is InChI=1S/C10H12BrNO5/c1-15-7-4-6(5-11)8(12(13)14)10(17-3)9(7)16-2/h4H,5H2,1-3H3. The zero-order chi connectivity index (χ0) is 13.0. The average molecular weight is 306 g/mol. The van der Waals surface area contributed by atoms with Crippen molar-refractivity contribution in [1.82, 2.24) is 0 Å². The van der Waals surface area contributed by atoms with Crippen LogP contribution in [0.25, 0.3) is 0 Å². The molecule has 6 nitrogen and oxygen atoms in total. The number of hydrogen-bond acceptors (Lipinski definition) is 5. The highest BCUT2D eigenvalue weighted by Crippen LogP contribution is 2.46. The molecule has 0 fully saturated rings. The second kappa shape index (κ2) is 5.72. The maximum atomic E-state index is 11.0. The number of nitro benzene ring substituents is 1. The molecule has 1 rings (SSSR count). The number of nitrogens with zero attached hydrogens (tertiary/aromatic N) is 1. The van der Waals surface area contributed by atoms with Gasteiger partial charge >= 0.3 is 5.69 Å². The summed E-state index contributed by atoms with van der Waals surface area (Å²) in [6.07, 6.45) is 0. The molecule has 7 heteroatoms. The second-order valence-corrected chi connectivity index (χ2v) is 3.60. The molecular weight excluding hydrogens is 294 g/mol. The molecule has 0 atom stereocenters. The molecule has 0 N–H and O–H groups in total. The topological polar surface area (TPSA) is 70.8 Å². The maximum Gasteiger partial charge on any atom is 0.319 e. The third kappa shape index (κ3) is 2.44. The van der Waals surface area contributed by atoms with Crippen LogP contribution in [0, 0.1) is 10.1 Å². The van der Waals surface area contributed by atoms with E-state index in [0.717, 1.165) is 0 Å². The van der Waals surface area contributed by atoms with Gasteiger partial charge in [0.05, 0.1) is 26.3 Å². The molecule has 0 aliphatic carbocycles. The van der Waals surface area contributed by atoms with Gasteiger partial charge in [0.2, 0.25) is 11.5 Å². The van der Waals surface area contributed by atoms with E-state index in [9.17, 15) is 10.1 Å². The number of benzene rings is 1. The molecule has 94 valence electrons. The van der Waals surface area contributed by atoms with Crippen LogP contribution in [0.3, 0.4) is 0 Å². The molecule has 0 radical (unpaired) electrons. The average Bonchev–Trinajstić information content (AvgIpc) is 2.35. The molecule has 0 spiro atoms. The summed E-state index contributed by atoms with van der Waals surface area (Å²) < 4.78 is 15.2. The molecule has 17 heavy (non-hydrogen) atoms. The lowest BCUT2D eigenvalue weighted by atomic mass is 10.1. The van der Waals surface area contributed by atoms with Crippen LogP contribution < -0.4 is 14.2 Å². The van der Waals surface area contributed by atoms with Crippen molar-refractivity contribution in [2.75, 3.05) is 21.3 Å². The van der Waals surface area contributed by atoms with E-state index < -0.39 is 4.92 Å². The minimum absolute atomic E-state index is 0.0614. The summed E-state index contributed by atoms with van der Waals surface area (Å²) in [4.78, 5) is 10.5. The van der Waals surface area contributed by atoms with E-state index in [0.29, 0.717) is 16.6 Å². The number of methoxy groups -OCH3 is 3. The lowest BCUT2D eigenvalue weighted by Gasteiger charge is -2.13. The third-order valence-corrected chi connectivity index (χ3v) is 2.81. The molecule has 0 amide bonds. The number of ether oxygens (including phenoxy) is 3. The lowest BCUT2D eigenvalue weighted by Crippen LogP contribution is -2.02. The van der Waals surface area contributed by atoms with Gasteiger partial charge in [0.15, 0.2) is 5.75 Å². The fourth-order valence-corrected chi connectivity index (χ4v) is 1.92. The summed E-state index contributed by atoms with van der Waals surface area (Å²) in [6, 6.07) is 1.55. The summed E-state index contributed by atoms with van der Waals surface area (Å²) in [5.41, 5.74) is 0.339. The Morgan fingerprint density at radius 1 is 1.24 bits per heavy atom. The largest absolute Gasteiger partial charge is 0.493 e. The fourth-order valence-electron chi connectivity index (χ4n) is 1.49. The van der Waals surface area contributed by atoms with Crippen molar-refractivity contribution in [2.24, 2.45) is 0 Å². The highest BCUT2D eigenvalue weighted by atomic mass is 79.9. The number of halogens is 1. The van der Waals surface area contributed by atoms with Gasteiger partial charge in [-0.3, -0.25) is 10.1 Å². The predicted molar refractivity (Wildman–Crippen MR) is 65.4 cm³/mol. The fraction of sp³-hybridized carbons (Fsp3) is 0.400. The smallest absolute Gasteiger partial charge is 0.319 e. The quantitative estimate of drug-likeness (QED) is 0.475. The van der Waals surface area contributed by atoms with Crippen molar-refractivity contribution in [2.45, 2.75) is 5.33 Å². The normalized spacial score (nSPS) is 9.88. The molecule has 1 aromatic rings. The van der Waals surface area contributed by atoms with Gasteiger partial charge in [0.25, 0.3) is 0 Å². The van der Waals surface area contributed by atoms with Gasteiger partial charge < -0.3 is 14.2 Å². The summed E-state index contributed by atoms with van der Waals surface area (Å²) in [5, 5.41) is 11.4. The first-order valence-electron chi connectivity index (χ1n) is 4.62. The van der Waals surface area contributed by atoms with Gasteiger partial charge in [-0.1, -0.05) is 15.9 Å². The Kier molecular flexibility index (Phi) is 4.56. The van der Waals surface area contributed by atoms with Crippen LogP contribution in [0.2, 0.25) is 0 Å². The van der Waals surface area contributed by atoms with Crippen molar-refractivity contribution in [3.05, 3.63) is 21.7 Å². The van der Waals surface area contributed by atoms with Crippen molar-refractivity contribution < 1.29 is 19.1 Å². The number of hydrogen-bond donors (Lipinski definition) is 0. The molecule has 0 aliphatic rings. The molecule has 0 aliphatic heterocycles. The highest BCUT2D eigenvalue weighted by molar-refractivity contribution is 9.08. The maximum absolute atomic E-state index is 11.0. The van der Waals surface area contributed by atoms with Crippen LogP contribution in [0.4, 0.5) is 5.69 Å². The molecule has 0 bridgehead atoms. The van der Waals surface area contributed by atoms with Crippen molar-refractivity contribution >= 4 is 21.6 Å². The van der Waals surface area contributed by atoms with E-state index in [-0.39, 0.29) is 17.2 Å². The Hall–Kier alpha value is -1.50. The van der Waals surface area contributed by atoms with E-state index in [1.807, 2.05) is 0 Å². The Bertz CT molecular complexity index is 435. The molecule has 0 unspecified atom stereocenters. The van der Waals surface area contributed by atoms with Crippen LogP contribution >= 0.6 is 15.9 Å². The predicted octanol–water partition coefficient (Wildman–Crippen LogP) is 2.52. The first-order chi connectivity index (χ1) is 8.10. The Balaban J connectivity index is 3.61. The van der Waals surface area contributed by atoms with Crippen molar-refractivity contribution in [3.63, 3.8) is 0 Å². The third-order valence-electron chi connectivity index (χ3n) is 2.21. The number of rotatable bonds is 5. The van der Waals surface area contributed by atoms with E-state index in [1.165, 1.54) is 21.3 Å². The van der Waals surface area contributed by atoms with E-state index >= 15 is 0 Å². The summed E-state index contributed by atoms with van der Waals surface area (Å²) in [7, 11) is 4.21. The zero-order valence-electron chi connectivity index (χ0n) is 9.65. The van der Waals surface area contributed by atoms with Gasteiger partial charge in [0, 0.05) is 10.9 Å². The zero-order valence-corrected chi connectivity index (χ0v) is 11.2. The van der Waals surface area contributed by atoms with Gasteiger partial charge in [0.1, 0.15) is 0 Å². The van der Waals surface area contributed by atoms with E-state index in [1.54, 1.807) is 6.07 Å². The van der Waals surface area contributed by atoms with Crippen LogP contribution in [-0.4, -0.2) is 26.3 Å². The molecule has 0 aromatic heterocycles. The van der Waals surface area contributed by atoms with Crippen molar-refractivity contribution in [3.8, 4) is 17.2 Å². The van der Waals surface area contributed by atoms with Crippen LogP contribution in [0.1, 0.15) is 5.56 Å². The Labute approximate surface area is 107 Å². The second-order valence-electron chi connectivity index (χ2n) is 3.04. The van der Waals surface area contributed by atoms with Crippen LogP contribution in [0.15, 0.2) is 6.07 Å². The summed E-state index contributed by atoms with van der Waals surface area (Å²) in [5.74, 6) is 0.669. The minimum atomic E-state index is -0.503. The number of nitro groups is 1. The first-order valence-corrected chi connectivity index (χ1v) is 5.75. The monoisotopic (exact) mass is 305 g/mol. The molecule has 0 saturated carbocycles. The van der Waals surface area contributed by atoms with Gasteiger partial charge in [-0.15, -0.1) is 0 Å². The molecular formula is C10H12BrNO5. The molecule has 0 heterocycles. The van der Waals surface area contributed by atoms with Crippen LogP contribution in [0.5, 0.6) is 17.2 Å². The Morgan fingerprint density at radius 2 is 1.82 bits per heavy atom. The van der Waals surface area contributed by atoms with E-state index in [2.05, 4.69) is 15.9 Å². The van der Waals surface area contributed by atoms with Gasteiger partial charge in [-0.2, -0.15) is 0 Å². The van der Waals surface area contributed by atoms with Gasteiger partial charge in [-0.25, -0.2) is 0 Å². The molecule has 1 aromatic carbocycles. The first kappa shape index (κ1) is 13.6. The Morgan fingerprint density at radius 3 is 2.18 bits per heavy atom. The van der Waals surface area contributed by atoms with Gasteiger partial charge in [-0.05, 0) is 6.07 Å². The molecule has 0 saturated heterocycles. The lowest BCUT2D eigenvalue weighted by molar-refractivity contribution is -0.386. The minimum Gasteiger partial charge on any atom is -0.493 e. The van der Waals surface area contributed by atoms with Crippen molar-refractivity contribution in [1.29, 1.82) is 0 Å². The summed E-state index contributed by atoms with van der Waals surface area (Å²) >= 11 is 3.19. The SMILES string of the molecule is COc1cc(CBr)c([N+](=O)[O-])c(OC)c1OC. The van der Waals surface area contributed by atoms with Crippen LogP contribution in [-0.2, 0) is 5.33 Å². The van der Waals surface area contributed by atoms with E-state index in [4.69, 9.17) is 14.2 Å². The summed E-state index contributed by atoms with van der Waals surface area (Å²) in [6.45, 7) is 0. The number of alkyl halides is 1. The highest BCUT2D eigenvalue weighted by Gasteiger charge is 2.28.